The Morgan fingerprint density at radius 3 is 2.73 bits per heavy atom. The van der Waals surface area contributed by atoms with E-state index in [0.717, 1.165) is 12.8 Å². The van der Waals surface area contributed by atoms with E-state index in [2.05, 4.69) is 6.58 Å². The van der Waals surface area contributed by atoms with Gasteiger partial charge in [0.05, 0.1) is 6.85 Å². The van der Waals surface area contributed by atoms with Crippen LogP contribution in [0.5, 0.6) is 0 Å². The van der Waals surface area contributed by atoms with Gasteiger partial charge in [0.25, 0.3) is 0 Å². The van der Waals surface area contributed by atoms with Gasteiger partial charge in [-0.15, -0.1) is 6.58 Å². The van der Waals surface area contributed by atoms with Crippen LogP contribution in [0.25, 0.3) is 0 Å². The van der Waals surface area contributed by atoms with Crippen molar-refractivity contribution in [2.24, 2.45) is 0 Å². The van der Waals surface area contributed by atoms with Crippen LogP contribution in [0.2, 0.25) is 0 Å². The molecule has 1 aromatic rings. The molecular weight excluding hydrogens is 132 g/mol. The molecule has 58 valence electrons. The number of benzene rings is 1. The maximum absolute atomic E-state index is 7.67. The summed E-state index contributed by atoms with van der Waals surface area (Å²) in [6, 6.07) is -1.02. The van der Waals surface area contributed by atoms with Crippen LogP contribution in [-0.4, -0.2) is 0 Å². The Hall–Kier alpha value is -1.04. The van der Waals surface area contributed by atoms with Crippen molar-refractivity contribution in [2.45, 2.75) is 19.3 Å². The second-order valence-electron chi connectivity index (χ2n) is 2.28. The van der Waals surface area contributed by atoms with Crippen molar-refractivity contribution in [3.05, 3.63) is 48.4 Å². The number of allylic oxidation sites excluding steroid dienone is 1. The summed E-state index contributed by atoms with van der Waals surface area (Å²) >= 11 is 0. The maximum atomic E-state index is 7.67. The van der Waals surface area contributed by atoms with E-state index >= 15 is 0 Å². The Labute approximate surface area is 75.6 Å². The third-order valence-corrected chi connectivity index (χ3v) is 1.39. The lowest BCUT2D eigenvalue weighted by atomic mass is 10.1. The Morgan fingerprint density at radius 2 is 2.09 bits per heavy atom. The van der Waals surface area contributed by atoms with Gasteiger partial charge in [0.15, 0.2) is 0 Å². The molecule has 0 aliphatic carbocycles. The average Bonchev–Trinajstić information content (AvgIpc) is 2.28. The minimum absolute atomic E-state index is 0.0879. The van der Waals surface area contributed by atoms with Crippen LogP contribution in [0.15, 0.2) is 42.9 Å². The zero-order chi connectivity index (χ0) is 12.3. The number of rotatable bonds is 4. The zero-order valence-corrected chi connectivity index (χ0v) is 6.41. The molecule has 0 aromatic heterocycles. The molecule has 0 bridgehead atoms. The Balaban J connectivity index is 3.13. The minimum atomic E-state index is -0.331. The highest BCUT2D eigenvalue weighted by Gasteiger charge is 1.88. The second-order valence-corrected chi connectivity index (χ2v) is 2.28. The molecule has 0 aliphatic rings. The van der Waals surface area contributed by atoms with Crippen molar-refractivity contribution in [3.63, 3.8) is 0 Å². The summed E-state index contributed by atoms with van der Waals surface area (Å²) < 4.78 is 37.8. The molecule has 0 spiro atoms. The van der Waals surface area contributed by atoms with E-state index in [1.54, 1.807) is 6.08 Å². The summed E-state index contributed by atoms with van der Waals surface area (Å²) in [6.07, 6.45) is 3.77. The van der Waals surface area contributed by atoms with Crippen molar-refractivity contribution >= 4 is 0 Å². The molecule has 0 aliphatic heterocycles. The van der Waals surface area contributed by atoms with Gasteiger partial charge in [-0.25, -0.2) is 0 Å². The Kier molecular flexibility index (Phi) is 1.54. The van der Waals surface area contributed by atoms with E-state index < -0.39 is 0 Å². The van der Waals surface area contributed by atoms with Crippen molar-refractivity contribution in [2.75, 3.05) is 0 Å². The molecule has 1 rings (SSSR count). The smallest absolute Gasteiger partial charge is 0.0626 e. The SMILES string of the molecule is [2H]c1c([2H])c([2H])c(CCCC=C)c([2H])c1[2H]. The summed E-state index contributed by atoms with van der Waals surface area (Å²) in [7, 11) is 0. The van der Waals surface area contributed by atoms with Gasteiger partial charge in [-0.3, -0.25) is 0 Å². The first-order chi connectivity index (χ1) is 7.50. The third-order valence-electron chi connectivity index (χ3n) is 1.39. The fourth-order valence-corrected chi connectivity index (χ4v) is 0.824. The van der Waals surface area contributed by atoms with Gasteiger partial charge < -0.3 is 0 Å². The Bertz CT molecular complexity index is 382. The number of hydrogen-bond acceptors (Lipinski definition) is 0. The van der Waals surface area contributed by atoms with Gasteiger partial charge in [-0.2, -0.15) is 0 Å². The third kappa shape index (κ3) is 3.03. The molecule has 0 heterocycles. The molecule has 0 N–H and O–H groups in total. The molecule has 0 saturated heterocycles. The average molecular weight is 151 g/mol. The van der Waals surface area contributed by atoms with Gasteiger partial charge in [0, 0.05) is 0 Å². The highest BCUT2D eigenvalue weighted by atomic mass is 13.9. The van der Waals surface area contributed by atoms with Crippen LogP contribution in [0, 0.1) is 0 Å². The predicted molar refractivity (Wildman–Crippen MR) is 49.6 cm³/mol. The van der Waals surface area contributed by atoms with Gasteiger partial charge in [-0.05, 0) is 24.8 Å². The fourth-order valence-electron chi connectivity index (χ4n) is 0.824. The first-order valence-electron chi connectivity index (χ1n) is 6.17. The molecule has 0 nitrogen and oxygen atoms in total. The van der Waals surface area contributed by atoms with Crippen molar-refractivity contribution in [1.82, 2.24) is 0 Å². The van der Waals surface area contributed by atoms with Crippen LogP contribution in [0.3, 0.4) is 0 Å². The van der Waals surface area contributed by atoms with Gasteiger partial charge >= 0.3 is 0 Å². The molecule has 0 heteroatoms. The van der Waals surface area contributed by atoms with Crippen molar-refractivity contribution in [1.29, 1.82) is 0 Å². The van der Waals surface area contributed by atoms with E-state index in [1.807, 2.05) is 0 Å². The highest BCUT2D eigenvalue weighted by molar-refractivity contribution is 5.14. The molecule has 1 aromatic carbocycles. The fraction of sp³-hybridized carbons (Fsp3) is 0.273. The van der Waals surface area contributed by atoms with E-state index in [9.17, 15) is 0 Å². The lowest BCUT2D eigenvalue weighted by Gasteiger charge is -1.96. The second kappa shape index (κ2) is 4.73. The summed E-state index contributed by atoms with van der Waals surface area (Å²) in [4.78, 5) is 0. The van der Waals surface area contributed by atoms with Gasteiger partial charge in [-0.1, -0.05) is 36.3 Å². The first kappa shape index (κ1) is 3.57. The van der Waals surface area contributed by atoms with E-state index in [-0.39, 0.29) is 30.2 Å². The molecule has 0 amide bonds. The van der Waals surface area contributed by atoms with Gasteiger partial charge in [0.1, 0.15) is 0 Å². The maximum Gasteiger partial charge on any atom is 0.0626 e. The van der Waals surface area contributed by atoms with Gasteiger partial charge in [0.2, 0.25) is 0 Å². The molecular formula is C11H14. The summed E-state index contributed by atoms with van der Waals surface area (Å²) in [6.45, 7) is 3.59. The summed E-state index contributed by atoms with van der Waals surface area (Å²) in [5, 5.41) is 0. The quantitative estimate of drug-likeness (QED) is 0.458. The zero-order valence-electron chi connectivity index (χ0n) is 11.4. The van der Waals surface area contributed by atoms with Crippen LogP contribution in [0.1, 0.15) is 25.3 Å². The van der Waals surface area contributed by atoms with Crippen molar-refractivity contribution in [3.8, 4) is 0 Å². The monoisotopic (exact) mass is 151 g/mol. The topological polar surface area (TPSA) is 0 Å². The van der Waals surface area contributed by atoms with E-state index in [1.165, 1.54) is 0 Å². The lowest BCUT2D eigenvalue weighted by Crippen LogP contribution is -1.82. The molecule has 0 radical (unpaired) electrons. The Morgan fingerprint density at radius 1 is 1.36 bits per heavy atom. The predicted octanol–water partition coefficient (Wildman–Crippen LogP) is 3.20. The normalized spacial score (nSPS) is 15.8. The van der Waals surface area contributed by atoms with Crippen LogP contribution >= 0.6 is 0 Å². The highest BCUT2D eigenvalue weighted by Crippen LogP contribution is 2.03. The molecule has 0 fully saturated rings. The molecule has 0 atom stereocenters. The lowest BCUT2D eigenvalue weighted by molar-refractivity contribution is 0.844. The molecule has 0 saturated carbocycles. The van der Waals surface area contributed by atoms with Crippen LogP contribution in [0.4, 0.5) is 0 Å². The number of hydrogen-bond donors (Lipinski definition) is 0. The molecule has 0 unspecified atom stereocenters. The first-order valence-corrected chi connectivity index (χ1v) is 3.67. The van der Waals surface area contributed by atoms with Crippen LogP contribution < -0.4 is 0 Å². The van der Waals surface area contributed by atoms with Crippen molar-refractivity contribution < 1.29 is 6.85 Å². The largest absolute Gasteiger partial charge is 0.103 e. The standard InChI is InChI=1S/C11H14/c1-2-3-5-8-11-9-6-4-7-10-11/h2,4,6-7,9-10H,1,3,5,8H2/i4D,6D,7D,9D,10D. The summed E-state index contributed by atoms with van der Waals surface area (Å²) in [5.41, 5.74) is 0.396. The van der Waals surface area contributed by atoms with Crippen LogP contribution in [-0.2, 0) is 6.42 Å². The summed E-state index contributed by atoms with van der Waals surface area (Å²) in [5.74, 6) is 0. The molecule has 11 heavy (non-hydrogen) atoms. The minimum Gasteiger partial charge on any atom is -0.103 e. The number of unbranched alkanes of at least 4 members (excludes halogenated alkanes) is 1. The van der Waals surface area contributed by atoms with E-state index in [0.29, 0.717) is 12.0 Å². The van der Waals surface area contributed by atoms with E-state index in [4.69, 9.17) is 6.85 Å².